The second-order valence-corrected chi connectivity index (χ2v) is 3.92. The van der Waals surface area contributed by atoms with Gasteiger partial charge in [0.25, 0.3) is 0 Å². The van der Waals surface area contributed by atoms with Gasteiger partial charge in [0.1, 0.15) is 0 Å². The Labute approximate surface area is 67.4 Å². The van der Waals surface area contributed by atoms with Crippen LogP contribution < -0.4 is 5.14 Å². The second-order valence-electron chi connectivity index (χ2n) is 2.36. The summed E-state index contributed by atoms with van der Waals surface area (Å²) in [6.45, 7) is 1.88. The van der Waals surface area contributed by atoms with Crippen LogP contribution in [0.3, 0.4) is 0 Å². The van der Waals surface area contributed by atoms with Crippen molar-refractivity contribution in [1.29, 1.82) is 0 Å². The molecule has 0 aromatic heterocycles. The van der Waals surface area contributed by atoms with Crippen LogP contribution >= 0.6 is 0 Å². The number of hydrogen-bond donors (Lipinski definition) is 1. The molecule has 0 aliphatic heterocycles. The molecule has 0 bridgehead atoms. The van der Waals surface area contributed by atoms with E-state index in [1.54, 1.807) is 12.1 Å². The van der Waals surface area contributed by atoms with Gasteiger partial charge in [-0.25, -0.2) is 13.6 Å². The summed E-state index contributed by atoms with van der Waals surface area (Å²) in [6.07, 6.45) is 0. The van der Waals surface area contributed by atoms with E-state index in [1.807, 2.05) is 6.92 Å². The standard InChI is InChI=1S/C7H9NO2S.H2/c1-6-2-4-7(5-3-6)11(8,9)10;/h2-5H,1H3,(H2,8,9,10);1H. The van der Waals surface area contributed by atoms with E-state index >= 15 is 0 Å². The van der Waals surface area contributed by atoms with Crippen LogP contribution in [0.4, 0.5) is 0 Å². The fourth-order valence-corrected chi connectivity index (χ4v) is 1.24. The SMILES string of the molecule is Cc1ccc(S(N)(=O)=O)cc1.[HH]. The van der Waals surface area contributed by atoms with Gasteiger partial charge in [0.05, 0.1) is 4.90 Å². The molecule has 1 aromatic rings. The van der Waals surface area contributed by atoms with Gasteiger partial charge in [-0.15, -0.1) is 0 Å². The summed E-state index contributed by atoms with van der Waals surface area (Å²) in [5, 5.41) is 4.88. The van der Waals surface area contributed by atoms with Gasteiger partial charge in [0, 0.05) is 1.43 Å². The number of primary sulfonamides is 1. The average molecular weight is 173 g/mol. The third-order valence-corrected chi connectivity index (χ3v) is 2.28. The predicted octanol–water partition coefficient (Wildman–Crippen LogP) is 0.888. The van der Waals surface area contributed by atoms with Crippen molar-refractivity contribution in [2.75, 3.05) is 0 Å². The Kier molecular flexibility index (Phi) is 1.97. The van der Waals surface area contributed by atoms with Gasteiger partial charge < -0.3 is 0 Å². The Bertz CT molecular complexity index is 344. The van der Waals surface area contributed by atoms with Crippen LogP contribution in [-0.4, -0.2) is 8.42 Å². The van der Waals surface area contributed by atoms with E-state index in [0.717, 1.165) is 5.56 Å². The molecular weight excluding hydrogens is 162 g/mol. The van der Waals surface area contributed by atoms with E-state index in [1.165, 1.54) is 12.1 Å². The van der Waals surface area contributed by atoms with Crippen LogP contribution in [0.25, 0.3) is 0 Å². The molecule has 0 aliphatic rings. The second kappa shape index (κ2) is 2.64. The van der Waals surface area contributed by atoms with Crippen molar-refractivity contribution in [3.8, 4) is 0 Å². The fourth-order valence-electron chi connectivity index (χ4n) is 0.728. The fraction of sp³-hybridized carbons (Fsp3) is 0.143. The summed E-state index contributed by atoms with van der Waals surface area (Å²) in [7, 11) is -3.52. The number of aryl methyl sites for hydroxylation is 1. The summed E-state index contributed by atoms with van der Waals surface area (Å²) >= 11 is 0. The molecule has 0 spiro atoms. The van der Waals surface area contributed by atoms with E-state index in [9.17, 15) is 8.42 Å². The first-order chi connectivity index (χ1) is 5.00. The third kappa shape index (κ3) is 2.03. The van der Waals surface area contributed by atoms with Crippen molar-refractivity contribution in [3.63, 3.8) is 0 Å². The first kappa shape index (κ1) is 8.23. The van der Waals surface area contributed by atoms with Gasteiger partial charge in [-0.1, -0.05) is 17.7 Å². The van der Waals surface area contributed by atoms with E-state index in [4.69, 9.17) is 5.14 Å². The highest BCUT2D eigenvalue weighted by atomic mass is 32.2. The minimum atomic E-state index is -3.52. The average Bonchev–Trinajstić information content (AvgIpc) is 1.86. The first-order valence-electron chi connectivity index (χ1n) is 3.09. The molecular formula is C7H11NO2S. The van der Waals surface area contributed by atoms with Crippen molar-refractivity contribution < 1.29 is 9.84 Å². The van der Waals surface area contributed by atoms with Crippen LogP contribution in [-0.2, 0) is 10.0 Å². The molecule has 0 atom stereocenters. The summed E-state index contributed by atoms with van der Waals surface area (Å²) in [5.41, 5.74) is 1.01. The third-order valence-electron chi connectivity index (χ3n) is 1.35. The number of sulfonamides is 1. The van der Waals surface area contributed by atoms with E-state index in [-0.39, 0.29) is 6.32 Å². The molecule has 0 saturated heterocycles. The van der Waals surface area contributed by atoms with Crippen molar-refractivity contribution in [3.05, 3.63) is 29.8 Å². The lowest BCUT2D eigenvalue weighted by Gasteiger charge is -1.96. The molecule has 1 rings (SSSR count). The zero-order chi connectivity index (χ0) is 8.48. The van der Waals surface area contributed by atoms with E-state index in [2.05, 4.69) is 0 Å². The lowest BCUT2D eigenvalue weighted by atomic mass is 10.2. The highest BCUT2D eigenvalue weighted by Gasteiger charge is 2.04. The molecule has 4 heteroatoms. The topological polar surface area (TPSA) is 60.2 Å². The molecule has 0 heterocycles. The van der Waals surface area contributed by atoms with Crippen LogP contribution in [0.2, 0.25) is 0 Å². The largest absolute Gasteiger partial charge is 0.238 e. The smallest absolute Gasteiger partial charge is 0.225 e. The molecule has 0 unspecified atom stereocenters. The Hall–Kier alpha value is -0.870. The first-order valence-corrected chi connectivity index (χ1v) is 4.64. The molecule has 0 saturated carbocycles. The zero-order valence-corrected chi connectivity index (χ0v) is 6.93. The molecule has 1 aromatic carbocycles. The molecule has 11 heavy (non-hydrogen) atoms. The van der Waals surface area contributed by atoms with Crippen molar-refractivity contribution in [2.24, 2.45) is 5.14 Å². The van der Waals surface area contributed by atoms with Gasteiger partial charge >= 0.3 is 0 Å². The molecule has 0 radical (unpaired) electrons. The van der Waals surface area contributed by atoms with Crippen LogP contribution in [0, 0.1) is 6.92 Å². The Balaban J connectivity index is 0.00000121. The Morgan fingerprint density at radius 3 is 2.09 bits per heavy atom. The minimum absolute atomic E-state index is 0. The maximum Gasteiger partial charge on any atom is 0.238 e. The molecule has 0 amide bonds. The lowest BCUT2D eigenvalue weighted by molar-refractivity contribution is 0.598. The summed E-state index contributed by atoms with van der Waals surface area (Å²) in [5.74, 6) is 0. The summed E-state index contributed by atoms with van der Waals surface area (Å²) < 4.78 is 21.4. The molecule has 3 nitrogen and oxygen atoms in total. The molecule has 0 fully saturated rings. The highest BCUT2D eigenvalue weighted by Crippen LogP contribution is 2.06. The van der Waals surface area contributed by atoms with Gasteiger partial charge in [-0.2, -0.15) is 0 Å². The van der Waals surface area contributed by atoms with Gasteiger partial charge in [0.15, 0.2) is 0 Å². The van der Waals surface area contributed by atoms with Crippen LogP contribution in [0.5, 0.6) is 0 Å². The van der Waals surface area contributed by atoms with E-state index in [0.29, 0.717) is 0 Å². The van der Waals surface area contributed by atoms with Crippen molar-refractivity contribution in [2.45, 2.75) is 11.8 Å². The quantitative estimate of drug-likeness (QED) is 0.685. The van der Waals surface area contributed by atoms with Crippen LogP contribution in [0.1, 0.15) is 6.99 Å². The van der Waals surface area contributed by atoms with Crippen molar-refractivity contribution >= 4 is 10.0 Å². The van der Waals surface area contributed by atoms with Crippen LogP contribution in [0.15, 0.2) is 29.2 Å². The number of hydrogen-bond acceptors (Lipinski definition) is 2. The Morgan fingerprint density at radius 1 is 1.27 bits per heavy atom. The van der Waals surface area contributed by atoms with Gasteiger partial charge in [-0.3, -0.25) is 0 Å². The van der Waals surface area contributed by atoms with Crippen molar-refractivity contribution in [1.82, 2.24) is 0 Å². The van der Waals surface area contributed by atoms with Gasteiger partial charge in [-0.05, 0) is 19.1 Å². The molecule has 62 valence electrons. The lowest BCUT2D eigenvalue weighted by Crippen LogP contribution is -2.11. The van der Waals surface area contributed by atoms with Gasteiger partial charge in [0.2, 0.25) is 10.0 Å². The minimum Gasteiger partial charge on any atom is -0.225 e. The number of nitrogens with two attached hydrogens (primary N) is 1. The number of benzene rings is 1. The summed E-state index contributed by atoms with van der Waals surface area (Å²) in [6, 6.07) is 6.40. The molecule has 2 N–H and O–H groups in total. The van der Waals surface area contributed by atoms with E-state index < -0.39 is 10.0 Å². The normalized spacial score (nSPS) is 11.5. The maximum atomic E-state index is 10.7. The highest BCUT2D eigenvalue weighted by molar-refractivity contribution is 7.89. The maximum absolute atomic E-state index is 10.7. The summed E-state index contributed by atoms with van der Waals surface area (Å²) in [4.78, 5) is 0.156. The monoisotopic (exact) mass is 173 g/mol. The molecule has 0 aliphatic carbocycles. The Morgan fingerprint density at radius 2 is 1.73 bits per heavy atom. The number of rotatable bonds is 1. The zero-order valence-electron chi connectivity index (χ0n) is 6.11. The predicted molar refractivity (Wildman–Crippen MR) is 44.7 cm³/mol.